The third kappa shape index (κ3) is 2.71. The predicted octanol–water partition coefficient (Wildman–Crippen LogP) is 0.923. The molecule has 9 nitrogen and oxygen atoms in total. The minimum atomic E-state index is -4.83. The number of phenolic OH excluding ortho intramolecular Hbond substituents is 1. The van der Waals surface area contributed by atoms with Gasteiger partial charge in [0.2, 0.25) is 0 Å². The van der Waals surface area contributed by atoms with Gasteiger partial charge >= 0.3 is 0 Å². The van der Waals surface area contributed by atoms with E-state index in [0.29, 0.717) is 0 Å². The summed E-state index contributed by atoms with van der Waals surface area (Å²) in [5.41, 5.74) is 7.97. The van der Waals surface area contributed by atoms with Crippen LogP contribution in [0.3, 0.4) is 0 Å². The van der Waals surface area contributed by atoms with Crippen molar-refractivity contribution in [1.82, 2.24) is 5.53 Å². The molecule has 0 aliphatic heterocycles. The van der Waals surface area contributed by atoms with Gasteiger partial charge in [-0.25, -0.2) is 0 Å². The standard InChI is InChI=1S/C10H7N2O7S2/c11-12-9-8(21(17,18)19)4-5-3-6(20(14,15)16)1-2-7(5)10(9)13/h1-4,13H,(H,14,15,16)(H,17,18,19). The highest BCUT2D eigenvalue weighted by atomic mass is 32.2. The van der Waals surface area contributed by atoms with Gasteiger partial charge in [-0.1, -0.05) is 0 Å². The Morgan fingerprint density at radius 1 is 1.00 bits per heavy atom. The zero-order chi connectivity index (χ0) is 16.0. The van der Waals surface area contributed by atoms with Crippen LogP contribution in [0, 0.1) is 0 Å². The van der Waals surface area contributed by atoms with Crippen LogP contribution in [-0.4, -0.2) is 31.0 Å². The van der Waals surface area contributed by atoms with Gasteiger partial charge in [0, 0.05) is 5.39 Å². The van der Waals surface area contributed by atoms with Crippen LogP contribution in [0.2, 0.25) is 0 Å². The van der Waals surface area contributed by atoms with Gasteiger partial charge in [0.25, 0.3) is 20.2 Å². The van der Waals surface area contributed by atoms with Gasteiger partial charge in [0.1, 0.15) is 4.90 Å². The molecule has 0 fully saturated rings. The highest BCUT2D eigenvalue weighted by molar-refractivity contribution is 7.86. The highest BCUT2D eigenvalue weighted by Crippen LogP contribution is 2.40. The molecule has 0 spiro atoms. The van der Waals surface area contributed by atoms with Crippen molar-refractivity contribution in [3.8, 4) is 5.75 Å². The number of phenols is 1. The molecule has 0 atom stereocenters. The number of nitrogens with zero attached hydrogens (tertiary/aromatic N) is 2. The molecule has 0 aromatic heterocycles. The molecule has 11 heteroatoms. The molecule has 21 heavy (non-hydrogen) atoms. The number of benzene rings is 2. The van der Waals surface area contributed by atoms with Crippen molar-refractivity contribution in [3.05, 3.63) is 24.3 Å². The first-order chi connectivity index (χ1) is 9.55. The van der Waals surface area contributed by atoms with E-state index in [9.17, 15) is 21.9 Å². The van der Waals surface area contributed by atoms with E-state index in [-0.39, 0.29) is 10.8 Å². The number of aromatic hydroxyl groups is 1. The quantitative estimate of drug-likeness (QED) is 0.556. The molecule has 0 unspecified atom stereocenters. The van der Waals surface area contributed by atoms with E-state index >= 15 is 0 Å². The third-order valence-electron chi connectivity index (χ3n) is 2.70. The van der Waals surface area contributed by atoms with Gasteiger partial charge in [-0.2, -0.15) is 16.8 Å². The first-order valence-corrected chi connectivity index (χ1v) is 8.03. The second-order valence-corrected chi connectivity index (χ2v) is 6.82. The Bertz CT molecular complexity index is 965. The maximum absolute atomic E-state index is 11.2. The van der Waals surface area contributed by atoms with Gasteiger partial charge in [0.15, 0.2) is 11.4 Å². The van der Waals surface area contributed by atoms with Crippen LogP contribution in [0.15, 0.2) is 39.2 Å². The number of hydrogen-bond donors (Lipinski definition) is 3. The van der Waals surface area contributed by atoms with E-state index in [0.717, 1.165) is 24.3 Å². The minimum absolute atomic E-state index is 0.0393. The van der Waals surface area contributed by atoms with Gasteiger partial charge in [-0.05, 0) is 35.2 Å². The number of fused-ring (bicyclic) bond motifs is 1. The van der Waals surface area contributed by atoms with Crippen LogP contribution in [0.4, 0.5) is 5.69 Å². The van der Waals surface area contributed by atoms with Crippen molar-refractivity contribution in [2.24, 2.45) is 5.11 Å². The highest BCUT2D eigenvalue weighted by Gasteiger charge is 2.22. The van der Waals surface area contributed by atoms with Crippen LogP contribution >= 0.6 is 0 Å². The topological polar surface area (TPSA) is 164 Å². The van der Waals surface area contributed by atoms with Gasteiger partial charge in [0.05, 0.1) is 4.90 Å². The Kier molecular flexibility index (Phi) is 3.45. The summed E-state index contributed by atoms with van der Waals surface area (Å²) in [4.78, 5) is -1.45. The Balaban J connectivity index is 2.98. The van der Waals surface area contributed by atoms with E-state index in [1.807, 2.05) is 0 Å². The molecule has 0 amide bonds. The van der Waals surface area contributed by atoms with E-state index in [1.54, 1.807) is 0 Å². The SMILES string of the molecule is [N]=Nc1c(S(=O)(=O)O)cc2cc(S(=O)(=O)O)ccc2c1O. The van der Waals surface area contributed by atoms with E-state index in [1.165, 1.54) is 0 Å². The molecule has 3 N–H and O–H groups in total. The van der Waals surface area contributed by atoms with E-state index in [4.69, 9.17) is 14.6 Å². The zero-order valence-electron chi connectivity index (χ0n) is 9.99. The lowest BCUT2D eigenvalue weighted by Crippen LogP contribution is -2.00. The van der Waals surface area contributed by atoms with Crippen LogP contribution in [0.1, 0.15) is 0 Å². The van der Waals surface area contributed by atoms with Crippen molar-refractivity contribution in [2.75, 3.05) is 0 Å². The van der Waals surface area contributed by atoms with Gasteiger partial charge in [-0.3, -0.25) is 9.11 Å². The summed E-state index contributed by atoms with van der Waals surface area (Å²) in [5.74, 6) is -0.774. The second-order valence-electron chi connectivity index (χ2n) is 4.00. The maximum Gasteiger partial charge on any atom is 0.296 e. The summed E-state index contributed by atoms with van der Waals surface area (Å²) in [6.07, 6.45) is 0. The summed E-state index contributed by atoms with van der Waals surface area (Å²) in [7, 11) is -9.37. The predicted molar refractivity (Wildman–Crippen MR) is 69.5 cm³/mol. The van der Waals surface area contributed by atoms with Crippen molar-refractivity contribution in [3.63, 3.8) is 0 Å². The van der Waals surface area contributed by atoms with Crippen LogP contribution < -0.4 is 5.53 Å². The molecule has 0 heterocycles. The van der Waals surface area contributed by atoms with Crippen LogP contribution in [0.25, 0.3) is 10.8 Å². The normalized spacial score (nSPS) is 12.5. The molecule has 2 aromatic carbocycles. The third-order valence-corrected chi connectivity index (χ3v) is 4.41. The fourth-order valence-electron chi connectivity index (χ4n) is 1.78. The average Bonchev–Trinajstić information content (AvgIpc) is 2.35. The molecule has 0 saturated heterocycles. The van der Waals surface area contributed by atoms with Crippen LogP contribution in [-0.2, 0) is 20.2 Å². The van der Waals surface area contributed by atoms with E-state index in [2.05, 4.69) is 5.11 Å². The summed E-state index contributed by atoms with van der Waals surface area (Å²) < 4.78 is 62.4. The first-order valence-electron chi connectivity index (χ1n) is 5.15. The molecule has 111 valence electrons. The fraction of sp³-hybridized carbons (Fsp3) is 0. The molecular formula is C10H7N2O7S2. The summed E-state index contributed by atoms with van der Waals surface area (Å²) in [6, 6.07) is 3.73. The molecule has 0 aliphatic rings. The monoisotopic (exact) mass is 331 g/mol. The first kappa shape index (κ1) is 15.3. The Labute approximate surface area is 118 Å². The summed E-state index contributed by atoms with van der Waals surface area (Å²) in [6.45, 7) is 0. The molecule has 2 rings (SSSR count). The van der Waals surface area contributed by atoms with Crippen molar-refractivity contribution in [2.45, 2.75) is 9.79 Å². The number of hydrogen-bond acceptors (Lipinski definition) is 6. The Hall–Kier alpha value is -2.08. The lowest BCUT2D eigenvalue weighted by molar-refractivity contribution is 0.472. The van der Waals surface area contributed by atoms with Crippen molar-refractivity contribution in [1.29, 1.82) is 0 Å². The van der Waals surface area contributed by atoms with Crippen molar-refractivity contribution >= 4 is 36.7 Å². The van der Waals surface area contributed by atoms with E-state index < -0.39 is 41.5 Å². The molecule has 0 aliphatic carbocycles. The maximum atomic E-state index is 11.2. The van der Waals surface area contributed by atoms with Crippen LogP contribution in [0.5, 0.6) is 5.75 Å². The summed E-state index contributed by atoms with van der Waals surface area (Å²) in [5, 5.41) is 12.3. The summed E-state index contributed by atoms with van der Waals surface area (Å²) >= 11 is 0. The fourth-order valence-corrected chi connectivity index (χ4v) is 2.96. The second kappa shape index (κ2) is 4.73. The minimum Gasteiger partial charge on any atom is -0.505 e. The lowest BCUT2D eigenvalue weighted by atomic mass is 10.1. The van der Waals surface area contributed by atoms with Gasteiger partial charge < -0.3 is 5.11 Å². The lowest BCUT2D eigenvalue weighted by Gasteiger charge is -2.08. The smallest absolute Gasteiger partial charge is 0.296 e. The Morgan fingerprint density at radius 2 is 1.62 bits per heavy atom. The Morgan fingerprint density at radius 3 is 2.10 bits per heavy atom. The molecule has 2 aromatic rings. The van der Waals surface area contributed by atoms with Crippen molar-refractivity contribution < 1.29 is 31.0 Å². The molecule has 0 bridgehead atoms. The number of rotatable bonds is 3. The molecule has 1 radical (unpaired) electrons. The molecular weight excluding hydrogens is 324 g/mol. The molecule has 0 saturated carbocycles. The largest absolute Gasteiger partial charge is 0.505 e. The average molecular weight is 331 g/mol. The zero-order valence-corrected chi connectivity index (χ0v) is 11.6. The van der Waals surface area contributed by atoms with Gasteiger partial charge in [-0.15, -0.1) is 5.11 Å².